The van der Waals surface area contributed by atoms with Gasteiger partial charge in [-0.15, -0.1) is 0 Å². The molecule has 1 aromatic rings. The summed E-state index contributed by atoms with van der Waals surface area (Å²) < 4.78 is 0.859. The molecule has 20 heavy (non-hydrogen) atoms. The average molecular weight is 341 g/mol. The normalized spacial score (nSPS) is 10.5. The van der Waals surface area contributed by atoms with E-state index in [-0.39, 0.29) is 24.3 Å². The molecule has 0 radical (unpaired) electrons. The fourth-order valence-corrected chi connectivity index (χ4v) is 2.53. The van der Waals surface area contributed by atoms with Crippen molar-refractivity contribution >= 4 is 33.4 Å². The fourth-order valence-electron chi connectivity index (χ4n) is 1.94. The molecule has 1 aromatic carbocycles. The maximum atomic E-state index is 11.9. The summed E-state index contributed by atoms with van der Waals surface area (Å²) in [5.74, 6) is -0.106. The molecule has 0 fully saturated rings. The molecule has 0 aliphatic rings. The summed E-state index contributed by atoms with van der Waals surface area (Å²) in [4.78, 5) is 25.0. The predicted octanol–water partition coefficient (Wildman–Crippen LogP) is 3.34. The van der Waals surface area contributed by atoms with Gasteiger partial charge in [-0.2, -0.15) is 0 Å². The molecule has 0 aliphatic heterocycles. The van der Waals surface area contributed by atoms with Gasteiger partial charge in [0.2, 0.25) is 11.8 Å². The Balaban J connectivity index is 2.57. The van der Waals surface area contributed by atoms with Gasteiger partial charge in [0.15, 0.2) is 0 Å². The second-order valence-corrected chi connectivity index (χ2v) is 5.94. The number of amides is 2. The molecule has 0 unspecified atom stereocenters. The molecular weight excluding hydrogens is 320 g/mol. The predicted molar refractivity (Wildman–Crippen MR) is 84.6 cm³/mol. The third-order valence-corrected chi connectivity index (χ3v) is 3.66. The van der Waals surface area contributed by atoms with Gasteiger partial charge in [-0.05, 0) is 54.4 Å². The number of hydrogen-bond acceptors (Lipinski definition) is 2. The lowest BCUT2D eigenvalue weighted by molar-refractivity contribution is -0.130. The second-order valence-electron chi connectivity index (χ2n) is 5.09. The van der Waals surface area contributed by atoms with Crippen LogP contribution in [0.2, 0.25) is 0 Å². The maximum absolute atomic E-state index is 11.9. The Morgan fingerprint density at radius 2 is 2.00 bits per heavy atom. The number of nitrogens with one attached hydrogen (secondary N) is 1. The van der Waals surface area contributed by atoms with E-state index in [4.69, 9.17) is 0 Å². The van der Waals surface area contributed by atoms with Crippen LogP contribution in [0.25, 0.3) is 0 Å². The number of halogens is 1. The summed E-state index contributed by atoms with van der Waals surface area (Å²) >= 11 is 3.42. The molecule has 0 saturated heterocycles. The van der Waals surface area contributed by atoms with Crippen molar-refractivity contribution in [2.45, 2.75) is 40.2 Å². The topological polar surface area (TPSA) is 49.4 Å². The van der Waals surface area contributed by atoms with Gasteiger partial charge >= 0.3 is 0 Å². The summed E-state index contributed by atoms with van der Waals surface area (Å²) in [7, 11) is 0. The van der Waals surface area contributed by atoms with Crippen LogP contribution >= 0.6 is 15.9 Å². The molecule has 0 aliphatic carbocycles. The Labute approximate surface area is 128 Å². The average Bonchev–Trinajstić information content (AvgIpc) is 2.32. The van der Waals surface area contributed by atoms with Gasteiger partial charge in [-0.25, -0.2) is 0 Å². The molecular formula is C15H21BrN2O2. The van der Waals surface area contributed by atoms with E-state index < -0.39 is 0 Å². The van der Waals surface area contributed by atoms with Crippen LogP contribution in [0.5, 0.6) is 0 Å². The Bertz CT molecular complexity index is 501. The van der Waals surface area contributed by atoms with E-state index in [1.54, 1.807) is 4.90 Å². The fraction of sp³-hybridized carbons (Fsp3) is 0.467. The summed E-state index contributed by atoms with van der Waals surface area (Å²) in [5.41, 5.74) is 1.87. The van der Waals surface area contributed by atoms with Crippen molar-refractivity contribution in [3.05, 3.63) is 28.2 Å². The number of nitrogens with zero attached hydrogens (tertiary/aromatic N) is 1. The number of anilines is 1. The number of rotatable bonds is 5. The lowest BCUT2D eigenvalue weighted by Gasteiger charge is -2.25. The number of hydrogen-bond donors (Lipinski definition) is 1. The third-order valence-electron chi connectivity index (χ3n) is 3.01. The number of aryl methyl sites for hydroxylation is 1. The highest BCUT2D eigenvalue weighted by Gasteiger charge is 2.14. The van der Waals surface area contributed by atoms with E-state index in [9.17, 15) is 9.59 Å². The molecule has 0 atom stereocenters. The highest BCUT2D eigenvalue weighted by atomic mass is 79.9. The van der Waals surface area contributed by atoms with Crippen molar-refractivity contribution in [1.82, 2.24) is 4.90 Å². The number of carbonyl (C=O) groups excluding carboxylic acids is 2. The Morgan fingerprint density at radius 1 is 1.35 bits per heavy atom. The van der Waals surface area contributed by atoms with Crippen molar-refractivity contribution in [3.8, 4) is 0 Å². The summed E-state index contributed by atoms with van der Waals surface area (Å²) in [6.07, 6.45) is 0.290. The van der Waals surface area contributed by atoms with E-state index in [2.05, 4.69) is 21.2 Å². The summed E-state index contributed by atoms with van der Waals surface area (Å²) in [6, 6.07) is 5.86. The molecule has 1 N–H and O–H groups in total. The van der Waals surface area contributed by atoms with Gasteiger partial charge in [-0.1, -0.05) is 6.07 Å². The first kappa shape index (κ1) is 16.7. The molecule has 0 spiro atoms. The standard InChI is InChI=1S/C15H21BrN2O2/c1-10(2)18(12(4)19)8-7-15(20)17-14-6-5-11(3)9-13(14)16/h5-6,9-10H,7-8H2,1-4H3,(H,17,20). The molecule has 0 heterocycles. The Morgan fingerprint density at radius 3 is 2.50 bits per heavy atom. The molecule has 1 rings (SSSR count). The first-order chi connectivity index (χ1) is 9.31. The monoisotopic (exact) mass is 340 g/mol. The molecule has 0 aromatic heterocycles. The lowest BCUT2D eigenvalue weighted by atomic mass is 10.2. The molecule has 4 nitrogen and oxygen atoms in total. The smallest absolute Gasteiger partial charge is 0.226 e. The van der Waals surface area contributed by atoms with E-state index in [0.717, 1.165) is 15.7 Å². The van der Waals surface area contributed by atoms with Crippen LogP contribution in [0.3, 0.4) is 0 Å². The zero-order valence-corrected chi connectivity index (χ0v) is 14.0. The van der Waals surface area contributed by atoms with Crippen molar-refractivity contribution in [3.63, 3.8) is 0 Å². The van der Waals surface area contributed by atoms with Gasteiger partial charge in [0.25, 0.3) is 0 Å². The van der Waals surface area contributed by atoms with Crippen LogP contribution in [-0.2, 0) is 9.59 Å². The van der Waals surface area contributed by atoms with Crippen LogP contribution < -0.4 is 5.32 Å². The van der Waals surface area contributed by atoms with Crippen LogP contribution in [0.15, 0.2) is 22.7 Å². The summed E-state index contributed by atoms with van der Waals surface area (Å²) in [6.45, 7) is 7.83. The number of benzene rings is 1. The van der Waals surface area contributed by atoms with E-state index >= 15 is 0 Å². The first-order valence-corrected chi connectivity index (χ1v) is 7.43. The van der Waals surface area contributed by atoms with Crippen LogP contribution in [-0.4, -0.2) is 29.3 Å². The minimum absolute atomic E-state index is 0.00989. The molecule has 0 bridgehead atoms. The van der Waals surface area contributed by atoms with Crippen molar-refractivity contribution in [1.29, 1.82) is 0 Å². The van der Waals surface area contributed by atoms with Gasteiger partial charge in [-0.3, -0.25) is 9.59 Å². The van der Waals surface area contributed by atoms with Gasteiger partial charge in [0.05, 0.1) is 5.69 Å². The minimum atomic E-state index is -0.0959. The Hall–Kier alpha value is -1.36. The first-order valence-electron chi connectivity index (χ1n) is 6.64. The van der Waals surface area contributed by atoms with Crippen molar-refractivity contribution in [2.24, 2.45) is 0 Å². The minimum Gasteiger partial charge on any atom is -0.340 e. The molecule has 0 saturated carbocycles. The van der Waals surface area contributed by atoms with Crippen molar-refractivity contribution < 1.29 is 9.59 Å². The maximum Gasteiger partial charge on any atom is 0.226 e. The largest absolute Gasteiger partial charge is 0.340 e. The SMILES string of the molecule is CC(=O)N(CCC(=O)Nc1ccc(C)cc1Br)C(C)C. The van der Waals surface area contributed by atoms with Crippen LogP contribution in [0.1, 0.15) is 32.8 Å². The van der Waals surface area contributed by atoms with Gasteiger partial charge < -0.3 is 10.2 Å². The number of carbonyl (C=O) groups is 2. The zero-order valence-electron chi connectivity index (χ0n) is 12.4. The van der Waals surface area contributed by atoms with Crippen molar-refractivity contribution in [2.75, 3.05) is 11.9 Å². The summed E-state index contributed by atoms with van der Waals surface area (Å²) in [5, 5.41) is 2.85. The quantitative estimate of drug-likeness (QED) is 0.893. The highest BCUT2D eigenvalue weighted by molar-refractivity contribution is 9.10. The van der Waals surface area contributed by atoms with Crippen LogP contribution in [0.4, 0.5) is 5.69 Å². The van der Waals surface area contributed by atoms with Crippen LogP contribution in [0, 0.1) is 6.92 Å². The van der Waals surface area contributed by atoms with E-state index in [1.807, 2.05) is 39.0 Å². The van der Waals surface area contributed by atoms with Gasteiger partial charge in [0, 0.05) is 30.4 Å². The Kier molecular flexibility index (Phi) is 6.20. The third kappa shape index (κ3) is 4.96. The van der Waals surface area contributed by atoms with E-state index in [1.165, 1.54) is 6.92 Å². The molecule has 2 amide bonds. The highest BCUT2D eigenvalue weighted by Crippen LogP contribution is 2.23. The van der Waals surface area contributed by atoms with E-state index in [0.29, 0.717) is 6.54 Å². The molecule has 110 valence electrons. The zero-order chi connectivity index (χ0) is 15.3. The lowest BCUT2D eigenvalue weighted by Crippen LogP contribution is -2.37. The van der Waals surface area contributed by atoms with Gasteiger partial charge in [0.1, 0.15) is 0 Å². The molecule has 5 heteroatoms. The second kappa shape index (κ2) is 7.43.